The summed E-state index contributed by atoms with van der Waals surface area (Å²) < 4.78 is 0. The number of rotatable bonds is 5. The maximum absolute atomic E-state index is 4.47. The van der Waals surface area contributed by atoms with Gasteiger partial charge < -0.3 is 10.2 Å². The predicted molar refractivity (Wildman–Crippen MR) is 69.8 cm³/mol. The highest BCUT2D eigenvalue weighted by Gasteiger charge is 2.14. The second kappa shape index (κ2) is 5.85. The number of pyridine rings is 1. The first kappa shape index (κ1) is 13.0. The Labute approximate surface area is 98.9 Å². The van der Waals surface area contributed by atoms with Crippen LogP contribution in [0.15, 0.2) is 18.2 Å². The number of nitrogens with zero attached hydrogens (tertiary/aromatic N) is 2. The SMILES string of the molecule is Cc1cccc(NC(CN(C)C)C(C)C)n1. The van der Waals surface area contributed by atoms with Gasteiger partial charge in [0.25, 0.3) is 0 Å². The minimum Gasteiger partial charge on any atom is -0.366 e. The van der Waals surface area contributed by atoms with Crippen LogP contribution in [-0.4, -0.2) is 36.6 Å². The minimum atomic E-state index is 0.435. The molecule has 0 fully saturated rings. The second-order valence-corrected chi connectivity index (χ2v) is 4.92. The number of likely N-dealkylation sites (N-methyl/N-ethyl adjacent to an activating group) is 1. The Morgan fingerprint density at radius 3 is 2.50 bits per heavy atom. The van der Waals surface area contributed by atoms with Crippen molar-refractivity contribution in [2.45, 2.75) is 26.8 Å². The Hall–Kier alpha value is -1.09. The van der Waals surface area contributed by atoms with Crippen molar-refractivity contribution < 1.29 is 0 Å². The molecule has 0 aliphatic carbocycles. The van der Waals surface area contributed by atoms with Crippen molar-refractivity contribution in [1.29, 1.82) is 0 Å². The number of aromatic nitrogens is 1. The third-order valence-electron chi connectivity index (χ3n) is 2.59. The van der Waals surface area contributed by atoms with Gasteiger partial charge in [-0.25, -0.2) is 4.98 Å². The lowest BCUT2D eigenvalue weighted by molar-refractivity contribution is 0.344. The Morgan fingerprint density at radius 2 is 2.00 bits per heavy atom. The molecule has 0 spiro atoms. The van der Waals surface area contributed by atoms with E-state index in [1.54, 1.807) is 0 Å². The summed E-state index contributed by atoms with van der Waals surface area (Å²) in [6, 6.07) is 6.52. The molecule has 0 amide bonds. The zero-order valence-electron chi connectivity index (χ0n) is 11.0. The number of anilines is 1. The predicted octanol–water partition coefficient (Wildman–Crippen LogP) is 2.39. The molecule has 0 radical (unpaired) electrons. The summed E-state index contributed by atoms with van der Waals surface area (Å²) in [5.74, 6) is 1.56. The fraction of sp³-hybridized carbons (Fsp3) is 0.615. The van der Waals surface area contributed by atoms with E-state index < -0.39 is 0 Å². The zero-order chi connectivity index (χ0) is 12.1. The van der Waals surface area contributed by atoms with E-state index in [2.05, 4.69) is 43.1 Å². The van der Waals surface area contributed by atoms with Crippen molar-refractivity contribution in [3.05, 3.63) is 23.9 Å². The molecule has 1 heterocycles. The summed E-state index contributed by atoms with van der Waals surface area (Å²) in [6.45, 7) is 7.50. The summed E-state index contributed by atoms with van der Waals surface area (Å²) in [5, 5.41) is 3.50. The zero-order valence-corrected chi connectivity index (χ0v) is 11.0. The summed E-state index contributed by atoms with van der Waals surface area (Å²) >= 11 is 0. The summed E-state index contributed by atoms with van der Waals surface area (Å²) in [5.41, 5.74) is 1.05. The summed E-state index contributed by atoms with van der Waals surface area (Å²) in [4.78, 5) is 6.67. The third-order valence-corrected chi connectivity index (χ3v) is 2.59. The lowest BCUT2D eigenvalue weighted by Crippen LogP contribution is -2.36. The van der Waals surface area contributed by atoms with Gasteiger partial charge >= 0.3 is 0 Å². The van der Waals surface area contributed by atoms with Crippen molar-refractivity contribution in [1.82, 2.24) is 9.88 Å². The molecule has 16 heavy (non-hydrogen) atoms. The van der Waals surface area contributed by atoms with Crippen LogP contribution in [0.2, 0.25) is 0 Å². The van der Waals surface area contributed by atoms with E-state index in [4.69, 9.17) is 0 Å². The number of nitrogens with one attached hydrogen (secondary N) is 1. The molecule has 1 atom stereocenters. The smallest absolute Gasteiger partial charge is 0.126 e. The van der Waals surface area contributed by atoms with Crippen LogP contribution in [-0.2, 0) is 0 Å². The Morgan fingerprint density at radius 1 is 1.31 bits per heavy atom. The largest absolute Gasteiger partial charge is 0.366 e. The highest BCUT2D eigenvalue weighted by molar-refractivity contribution is 5.36. The molecule has 3 heteroatoms. The van der Waals surface area contributed by atoms with Crippen LogP contribution in [0.3, 0.4) is 0 Å². The molecule has 3 nitrogen and oxygen atoms in total. The van der Waals surface area contributed by atoms with Gasteiger partial charge in [-0.15, -0.1) is 0 Å². The van der Waals surface area contributed by atoms with Gasteiger partial charge in [-0.05, 0) is 39.1 Å². The van der Waals surface area contributed by atoms with E-state index in [0.29, 0.717) is 12.0 Å². The molecule has 0 bridgehead atoms. The van der Waals surface area contributed by atoms with Crippen molar-refractivity contribution in [2.24, 2.45) is 5.92 Å². The maximum Gasteiger partial charge on any atom is 0.126 e. The molecular weight excluding hydrogens is 198 g/mol. The molecule has 0 saturated carbocycles. The first-order valence-corrected chi connectivity index (χ1v) is 5.84. The Balaban J connectivity index is 2.68. The monoisotopic (exact) mass is 221 g/mol. The van der Waals surface area contributed by atoms with Crippen LogP contribution in [0.1, 0.15) is 19.5 Å². The van der Waals surface area contributed by atoms with Crippen LogP contribution >= 0.6 is 0 Å². The lowest BCUT2D eigenvalue weighted by atomic mass is 10.0. The molecule has 0 saturated heterocycles. The Kier molecular flexibility index (Phi) is 4.74. The molecule has 90 valence electrons. The average molecular weight is 221 g/mol. The van der Waals surface area contributed by atoms with Crippen LogP contribution in [0.5, 0.6) is 0 Å². The quantitative estimate of drug-likeness (QED) is 0.827. The van der Waals surface area contributed by atoms with Gasteiger partial charge in [0.05, 0.1) is 0 Å². The van der Waals surface area contributed by atoms with E-state index in [0.717, 1.165) is 18.1 Å². The van der Waals surface area contributed by atoms with E-state index >= 15 is 0 Å². The highest BCUT2D eigenvalue weighted by Crippen LogP contribution is 2.11. The summed E-state index contributed by atoms with van der Waals surface area (Å²) in [6.07, 6.45) is 0. The van der Waals surface area contributed by atoms with Crippen molar-refractivity contribution >= 4 is 5.82 Å². The van der Waals surface area contributed by atoms with Gasteiger partial charge in [0, 0.05) is 18.3 Å². The molecule has 0 aromatic carbocycles. The molecular formula is C13H23N3. The van der Waals surface area contributed by atoms with Crippen molar-refractivity contribution in [3.8, 4) is 0 Å². The minimum absolute atomic E-state index is 0.435. The van der Waals surface area contributed by atoms with Crippen LogP contribution in [0.25, 0.3) is 0 Å². The van der Waals surface area contributed by atoms with Crippen LogP contribution < -0.4 is 5.32 Å². The second-order valence-electron chi connectivity index (χ2n) is 4.92. The molecule has 1 aromatic rings. The molecule has 0 aliphatic rings. The molecule has 1 aromatic heterocycles. The first-order valence-electron chi connectivity index (χ1n) is 5.84. The fourth-order valence-corrected chi connectivity index (χ4v) is 1.63. The Bertz CT molecular complexity index is 321. The van der Waals surface area contributed by atoms with Crippen molar-refractivity contribution in [3.63, 3.8) is 0 Å². The van der Waals surface area contributed by atoms with E-state index in [1.807, 2.05) is 25.1 Å². The number of hydrogen-bond donors (Lipinski definition) is 1. The molecule has 1 unspecified atom stereocenters. The van der Waals surface area contributed by atoms with Gasteiger partial charge in [-0.3, -0.25) is 0 Å². The molecule has 1 rings (SSSR count). The van der Waals surface area contributed by atoms with Gasteiger partial charge in [0.1, 0.15) is 5.82 Å². The lowest BCUT2D eigenvalue weighted by Gasteiger charge is -2.26. The van der Waals surface area contributed by atoms with E-state index in [-0.39, 0.29) is 0 Å². The third kappa shape index (κ3) is 4.19. The van der Waals surface area contributed by atoms with Gasteiger partial charge in [-0.1, -0.05) is 19.9 Å². The summed E-state index contributed by atoms with van der Waals surface area (Å²) in [7, 11) is 4.20. The number of hydrogen-bond acceptors (Lipinski definition) is 3. The molecule has 0 aliphatic heterocycles. The van der Waals surface area contributed by atoms with Crippen molar-refractivity contribution in [2.75, 3.05) is 26.0 Å². The van der Waals surface area contributed by atoms with E-state index in [9.17, 15) is 0 Å². The normalized spacial score (nSPS) is 13.2. The molecule has 1 N–H and O–H groups in total. The number of aryl methyl sites for hydroxylation is 1. The maximum atomic E-state index is 4.47. The van der Waals surface area contributed by atoms with Crippen LogP contribution in [0, 0.1) is 12.8 Å². The van der Waals surface area contributed by atoms with Gasteiger partial charge in [-0.2, -0.15) is 0 Å². The fourth-order valence-electron chi connectivity index (χ4n) is 1.63. The van der Waals surface area contributed by atoms with E-state index in [1.165, 1.54) is 0 Å². The highest BCUT2D eigenvalue weighted by atomic mass is 15.1. The van der Waals surface area contributed by atoms with Gasteiger partial charge in [0.2, 0.25) is 0 Å². The average Bonchev–Trinajstić information content (AvgIpc) is 2.15. The van der Waals surface area contributed by atoms with Gasteiger partial charge in [0.15, 0.2) is 0 Å². The topological polar surface area (TPSA) is 28.2 Å². The standard InChI is InChI=1S/C13H23N3/c1-10(2)12(9-16(4)5)15-13-8-6-7-11(3)14-13/h6-8,10,12H,9H2,1-5H3,(H,14,15). The van der Waals surface area contributed by atoms with Crippen LogP contribution in [0.4, 0.5) is 5.82 Å². The first-order chi connectivity index (χ1) is 7.49.